The van der Waals surface area contributed by atoms with Crippen molar-refractivity contribution in [2.45, 2.75) is 31.2 Å². The molecule has 0 saturated heterocycles. The molecular formula is C13H20N2O2S. The van der Waals surface area contributed by atoms with E-state index >= 15 is 0 Å². The largest absolute Gasteiger partial charge is 0.325 e. The Morgan fingerprint density at radius 3 is 2.67 bits per heavy atom. The third kappa shape index (κ3) is 4.58. The molecule has 5 heteroatoms. The lowest BCUT2D eigenvalue weighted by atomic mass is 10.0. The van der Waals surface area contributed by atoms with E-state index in [1.54, 1.807) is 30.5 Å². The number of nitrogens with two attached hydrogens (primary N) is 1. The molecule has 0 spiro atoms. The highest BCUT2D eigenvalue weighted by atomic mass is 32.2. The highest BCUT2D eigenvalue weighted by Crippen LogP contribution is 2.14. The molecule has 0 bridgehead atoms. The predicted octanol–water partition coefficient (Wildman–Crippen LogP) is 1.74. The van der Waals surface area contributed by atoms with Crippen molar-refractivity contribution >= 4 is 22.4 Å². The maximum Gasteiger partial charge on any atom is 0.241 e. The highest BCUT2D eigenvalue weighted by molar-refractivity contribution is 7.84. The maximum absolute atomic E-state index is 11.8. The SMILES string of the molecule is CC(C)C[C@H](N)C(=O)Nc1cccc(S(C)=O)c1. The first-order valence-corrected chi connectivity index (χ1v) is 7.46. The fourth-order valence-electron chi connectivity index (χ4n) is 1.60. The molecule has 100 valence electrons. The van der Waals surface area contributed by atoms with E-state index in [4.69, 9.17) is 5.73 Å². The number of rotatable bonds is 5. The lowest BCUT2D eigenvalue weighted by Gasteiger charge is -2.14. The van der Waals surface area contributed by atoms with E-state index in [0.29, 0.717) is 22.9 Å². The summed E-state index contributed by atoms with van der Waals surface area (Å²) in [4.78, 5) is 12.5. The smallest absolute Gasteiger partial charge is 0.241 e. The van der Waals surface area contributed by atoms with Gasteiger partial charge >= 0.3 is 0 Å². The molecule has 0 saturated carbocycles. The molecule has 18 heavy (non-hydrogen) atoms. The number of hydrogen-bond donors (Lipinski definition) is 2. The van der Waals surface area contributed by atoms with Crippen molar-refractivity contribution in [3.05, 3.63) is 24.3 Å². The number of carbonyl (C=O) groups excluding carboxylic acids is 1. The first-order valence-electron chi connectivity index (χ1n) is 5.90. The summed E-state index contributed by atoms with van der Waals surface area (Å²) in [6.07, 6.45) is 2.25. The van der Waals surface area contributed by atoms with Gasteiger partial charge in [0.2, 0.25) is 5.91 Å². The molecule has 4 nitrogen and oxygen atoms in total. The summed E-state index contributed by atoms with van der Waals surface area (Å²) in [7, 11) is -1.06. The van der Waals surface area contributed by atoms with Gasteiger partial charge in [-0.05, 0) is 30.5 Å². The molecule has 1 aromatic carbocycles. The molecule has 2 atom stereocenters. The lowest BCUT2D eigenvalue weighted by Crippen LogP contribution is -2.36. The Morgan fingerprint density at radius 1 is 1.44 bits per heavy atom. The van der Waals surface area contributed by atoms with E-state index in [1.807, 2.05) is 13.8 Å². The minimum Gasteiger partial charge on any atom is -0.325 e. The van der Waals surface area contributed by atoms with Crippen molar-refractivity contribution < 1.29 is 9.00 Å². The Hall–Kier alpha value is -1.20. The van der Waals surface area contributed by atoms with Crippen LogP contribution in [0.2, 0.25) is 0 Å². The molecule has 1 amide bonds. The normalized spacial score (nSPS) is 14.3. The third-order valence-electron chi connectivity index (χ3n) is 2.50. The Kier molecular flexibility index (Phi) is 5.50. The van der Waals surface area contributed by atoms with E-state index in [0.717, 1.165) is 0 Å². The van der Waals surface area contributed by atoms with Crippen LogP contribution < -0.4 is 11.1 Å². The highest BCUT2D eigenvalue weighted by Gasteiger charge is 2.15. The fraction of sp³-hybridized carbons (Fsp3) is 0.462. The van der Waals surface area contributed by atoms with Crippen LogP contribution in [-0.4, -0.2) is 22.4 Å². The van der Waals surface area contributed by atoms with E-state index < -0.39 is 16.8 Å². The van der Waals surface area contributed by atoms with Crippen LogP contribution in [0.4, 0.5) is 5.69 Å². The Balaban J connectivity index is 2.70. The number of amides is 1. The molecule has 1 aromatic rings. The van der Waals surface area contributed by atoms with Crippen LogP contribution in [-0.2, 0) is 15.6 Å². The van der Waals surface area contributed by atoms with Gasteiger partial charge in [0.05, 0.1) is 6.04 Å². The minimum atomic E-state index is -1.06. The molecule has 1 rings (SSSR count). The molecule has 0 aliphatic rings. The summed E-state index contributed by atoms with van der Waals surface area (Å²) in [5, 5.41) is 2.74. The molecule has 0 heterocycles. The first kappa shape index (κ1) is 14.9. The Labute approximate surface area is 110 Å². The third-order valence-corrected chi connectivity index (χ3v) is 3.41. The minimum absolute atomic E-state index is 0.206. The van der Waals surface area contributed by atoms with Gasteiger partial charge in [-0.25, -0.2) is 0 Å². The Bertz CT molecular complexity index is 446. The van der Waals surface area contributed by atoms with Crippen LogP contribution >= 0.6 is 0 Å². The standard InChI is InChI=1S/C13H20N2O2S/c1-9(2)7-12(14)13(16)15-10-5-4-6-11(8-10)18(3)17/h4-6,8-9,12H,7,14H2,1-3H3,(H,15,16)/t12-,18?/m0/s1. The number of hydrogen-bond acceptors (Lipinski definition) is 3. The van der Waals surface area contributed by atoms with Crippen molar-refractivity contribution in [2.75, 3.05) is 11.6 Å². The molecule has 0 fully saturated rings. The van der Waals surface area contributed by atoms with Crippen molar-refractivity contribution in [3.8, 4) is 0 Å². The zero-order valence-corrected chi connectivity index (χ0v) is 11.8. The van der Waals surface area contributed by atoms with Crippen LogP contribution in [0.5, 0.6) is 0 Å². The fourth-order valence-corrected chi connectivity index (χ4v) is 2.17. The second-order valence-electron chi connectivity index (χ2n) is 4.71. The predicted molar refractivity (Wildman–Crippen MR) is 74.8 cm³/mol. The van der Waals surface area contributed by atoms with Crippen LogP contribution in [0.15, 0.2) is 29.2 Å². The van der Waals surface area contributed by atoms with Crippen molar-refractivity contribution in [1.82, 2.24) is 0 Å². The summed E-state index contributed by atoms with van der Waals surface area (Å²) in [5.41, 5.74) is 6.42. The summed E-state index contributed by atoms with van der Waals surface area (Å²) in [5.74, 6) is 0.169. The molecule has 0 radical (unpaired) electrons. The van der Waals surface area contributed by atoms with E-state index in [2.05, 4.69) is 5.32 Å². The molecule has 0 aromatic heterocycles. The molecule has 0 aliphatic heterocycles. The quantitative estimate of drug-likeness (QED) is 0.854. The van der Waals surface area contributed by atoms with Gasteiger partial charge in [0.15, 0.2) is 0 Å². The number of benzene rings is 1. The van der Waals surface area contributed by atoms with Crippen LogP contribution in [0, 0.1) is 5.92 Å². The second kappa shape index (κ2) is 6.66. The van der Waals surface area contributed by atoms with Gasteiger partial charge in [0.1, 0.15) is 0 Å². The molecular weight excluding hydrogens is 248 g/mol. The van der Waals surface area contributed by atoms with Crippen molar-refractivity contribution in [2.24, 2.45) is 11.7 Å². The van der Waals surface area contributed by atoms with Crippen molar-refractivity contribution in [1.29, 1.82) is 0 Å². The van der Waals surface area contributed by atoms with E-state index in [9.17, 15) is 9.00 Å². The first-order chi connectivity index (χ1) is 8.40. The van der Waals surface area contributed by atoms with Gasteiger partial charge in [-0.1, -0.05) is 19.9 Å². The van der Waals surface area contributed by atoms with Gasteiger partial charge in [0.25, 0.3) is 0 Å². The zero-order valence-electron chi connectivity index (χ0n) is 11.0. The lowest BCUT2D eigenvalue weighted by molar-refractivity contribution is -0.117. The molecule has 0 aliphatic carbocycles. The van der Waals surface area contributed by atoms with Gasteiger partial charge in [-0.15, -0.1) is 0 Å². The van der Waals surface area contributed by atoms with Crippen LogP contribution in [0.25, 0.3) is 0 Å². The van der Waals surface area contributed by atoms with E-state index in [-0.39, 0.29) is 5.91 Å². The summed E-state index contributed by atoms with van der Waals surface area (Å²) >= 11 is 0. The van der Waals surface area contributed by atoms with Gasteiger partial charge < -0.3 is 11.1 Å². The van der Waals surface area contributed by atoms with E-state index in [1.165, 1.54) is 0 Å². The zero-order chi connectivity index (χ0) is 13.7. The average molecular weight is 268 g/mol. The van der Waals surface area contributed by atoms with Gasteiger partial charge in [-0.3, -0.25) is 9.00 Å². The Morgan fingerprint density at radius 2 is 2.11 bits per heavy atom. The topological polar surface area (TPSA) is 72.2 Å². The van der Waals surface area contributed by atoms with Crippen LogP contribution in [0.1, 0.15) is 20.3 Å². The second-order valence-corrected chi connectivity index (χ2v) is 6.09. The monoisotopic (exact) mass is 268 g/mol. The number of carbonyl (C=O) groups is 1. The average Bonchev–Trinajstić information content (AvgIpc) is 2.28. The van der Waals surface area contributed by atoms with Gasteiger partial charge in [-0.2, -0.15) is 0 Å². The number of anilines is 1. The van der Waals surface area contributed by atoms with Crippen LogP contribution in [0.3, 0.4) is 0 Å². The summed E-state index contributed by atoms with van der Waals surface area (Å²) < 4.78 is 11.3. The molecule has 1 unspecified atom stereocenters. The summed E-state index contributed by atoms with van der Waals surface area (Å²) in [6, 6.07) is 6.48. The number of nitrogens with one attached hydrogen (secondary N) is 1. The summed E-state index contributed by atoms with van der Waals surface area (Å²) in [6.45, 7) is 4.04. The maximum atomic E-state index is 11.8. The van der Waals surface area contributed by atoms with Gasteiger partial charge in [0, 0.05) is 27.6 Å². The van der Waals surface area contributed by atoms with Crippen molar-refractivity contribution in [3.63, 3.8) is 0 Å². The molecule has 3 N–H and O–H groups in total.